The van der Waals surface area contributed by atoms with Gasteiger partial charge in [0.2, 0.25) is 5.91 Å². The van der Waals surface area contributed by atoms with Crippen LogP contribution in [0.5, 0.6) is 11.5 Å². The van der Waals surface area contributed by atoms with Gasteiger partial charge >= 0.3 is 0 Å². The van der Waals surface area contributed by atoms with Crippen LogP contribution < -0.4 is 15.4 Å². The lowest BCUT2D eigenvalue weighted by molar-refractivity contribution is -0.116. The molecule has 1 amide bonds. The molecule has 0 aliphatic heterocycles. The van der Waals surface area contributed by atoms with Gasteiger partial charge in [0.05, 0.1) is 0 Å². The van der Waals surface area contributed by atoms with Gasteiger partial charge in [0.15, 0.2) is 0 Å². The van der Waals surface area contributed by atoms with Crippen molar-refractivity contribution in [2.75, 3.05) is 10.6 Å². The minimum Gasteiger partial charge on any atom is -0.457 e. The molecule has 31 heavy (non-hydrogen) atoms. The number of aryl methyl sites for hydroxylation is 1. The zero-order chi connectivity index (χ0) is 22.4. The van der Waals surface area contributed by atoms with Crippen LogP contribution in [0, 0.1) is 6.92 Å². The fourth-order valence-corrected chi connectivity index (χ4v) is 3.14. The smallest absolute Gasteiger partial charge is 0.246 e. The van der Waals surface area contributed by atoms with Gasteiger partial charge in [0.25, 0.3) is 0 Å². The van der Waals surface area contributed by atoms with Gasteiger partial charge in [-0.25, -0.2) is 0 Å². The number of benzene rings is 3. The summed E-state index contributed by atoms with van der Waals surface area (Å²) >= 11 is 0. The van der Waals surface area contributed by atoms with Gasteiger partial charge in [-0.2, -0.15) is 0 Å². The monoisotopic (exact) mass is 416 g/mol. The van der Waals surface area contributed by atoms with Gasteiger partial charge in [0, 0.05) is 11.4 Å². The molecule has 0 spiro atoms. The topological polar surface area (TPSA) is 50.4 Å². The first-order chi connectivity index (χ1) is 14.8. The van der Waals surface area contributed by atoms with Crippen LogP contribution in [0.3, 0.4) is 0 Å². The Bertz CT molecular complexity index is 991. The Hall–Kier alpha value is -3.27. The second kappa shape index (κ2) is 9.69. The minimum absolute atomic E-state index is 0.0840. The normalized spacial score (nSPS) is 12.2. The highest BCUT2D eigenvalue weighted by Gasteiger charge is 2.17. The van der Waals surface area contributed by atoms with Crippen LogP contribution in [0.1, 0.15) is 45.2 Å². The Balaban J connectivity index is 1.56. The largest absolute Gasteiger partial charge is 0.457 e. The third-order valence-electron chi connectivity index (χ3n) is 5.71. The summed E-state index contributed by atoms with van der Waals surface area (Å²) in [6.45, 7) is 10.6. The Labute approximate surface area is 185 Å². The number of hydrogen-bond acceptors (Lipinski definition) is 3. The molecule has 0 aromatic heterocycles. The third kappa shape index (κ3) is 6.11. The maximum atomic E-state index is 12.4. The number of carbonyl (C=O) groups excluding carboxylic acids is 1. The van der Waals surface area contributed by atoms with Crippen LogP contribution >= 0.6 is 0 Å². The molecule has 162 valence electrons. The van der Waals surface area contributed by atoms with Gasteiger partial charge < -0.3 is 15.4 Å². The third-order valence-corrected chi connectivity index (χ3v) is 5.71. The number of anilines is 2. The quantitative estimate of drug-likeness (QED) is 0.419. The SMILES string of the molecule is CCC(C)(C)c1ccc(Oc2ccc(N[C@@H](C)C(=O)Nc3ccc(C)cc3)cc2)cc1. The fourth-order valence-electron chi connectivity index (χ4n) is 3.14. The van der Waals surface area contributed by atoms with Crippen LogP contribution in [0.25, 0.3) is 0 Å². The van der Waals surface area contributed by atoms with Gasteiger partial charge in [-0.3, -0.25) is 4.79 Å². The van der Waals surface area contributed by atoms with Gasteiger partial charge in [-0.15, -0.1) is 0 Å². The van der Waals surface area contributed by atoms with E-state index in [2.05, 4.69) is 43.5 Å². The summed E-state index contributed by atoms with van der Waals surface area (Å²) in [7, 11) is 0. The summed E-state index contributed by atoms with van der Waals surface area (Å²) in [5.74, 6) is 1.48. The first-order valence-corrected chi connectivity index (χ1v) is 10.8. The molecular weight excluding hydrogens is 384 g/mol. The molecule has 0 bridgehead atoms. The average Bonchev–Trinajstić information content (AvgIpc) is 2.77. The highest BCUT2D eigenvalue weighted by molar-refractivity contribution is 5.96. The van der Waals surface area contributed by atoms with E-state index in [0.717, 1.165) is 34.9 Å². The van der Waals surface area contributed by atoms with E-state index in [0.29, 0.717) is 0 Å². The number of amides is 1. The average molecular weight is 417 g/mol. The minimum atomic E-state index is -0.373. The van der Waals surface area contributed by atoms with Crippen LogP contribution in [0.4, 0.5) is 11.4 Å². The molecule has 0 saturated carbocycles. The zero-order valence-corrected chi connectivity index (χ0v) is 19.0. The standard InChI is InChI=1S/C27H32N2O2/c1-6-27(4,5)21-9-15-24(16-10-21)31-25-17-13-22(14-18-25)28-20(3)26(30)29-23-11-7-19(2)8-12-23/h7-18,20,28H,6H2,1-5H3,(H,29,30)/t20-/m0/s1. The van der Waals surface area contributed by atoms with Crippen molar-refractivity contribution in [2.45, 2.75) is 52.5 Å². The summed E-state index contributed by atoms with van der Waals surface area (Å²) in [5, 5.41) is 6.15. The molecule has 0 unspecified atom stereocenters. The Morgan fingerprint density at radius 1 is 0.871 bits per heavy atom. The molecule has 4 nitrogen and oxygen atoms in total. The Kier molecular flexibility index (Phi) is 7.01. The molecule has 0 fully saturated rings. The maximum Gasteiger partial charge on any atom is 0.246 e. The van der Waals surface area contributed by atoms with Crippen molar-refractivity contribution >= 4 is 17.3 Å². The predicted molar refractivity (Wildman–Crippen MR) is 129 cm³/mol. The van der Waals surface area contributed by atoms with E-state index in [-0.39, 0.29) is 17.4 Å². The van der Waals surface area contributed by atoms with Crippen molar-refractivity contribution in [3.8, 4) is 11.5 Å². The first kappa shape index (κ1) is 22.4. The maximum absolute atomic E-state index is 12.4. The number of hydrogen-bond donors (Lipinski definition) is 2. The molecule has 0 saturated heterocycles. The van der Waals surface area contributed by atoms with E-state index < -0.39 is 0 Å². The number of rotatable bonds is 8. The first-order valence-electron chi connectivity index (χ1n) is 10.8. The van der Waals surface area contributed by atoms with Crippen molar-refractivity contribution in [1.29, 1.82) is 0 Å². The van der Waals surface area contributed by atoms with Crippen molar-refractivity contribution in [3.05, 3.63) is 83.9 Å². The molecule has 3 rings (SSSR count). The summed E-state index contributed by atoms with van der Waals surface area (Å²) in [6, 6.07) is 23.3. The number of ether oxygens (including phenoxy) is 1. The van der Waals surface area contributed by atoms with E-state index in [9.17, 15) is 4.79 Å². The van der Waals surface area contributed by atoms with Crippen LogP contribution in [-0.4, -0.2) is 11.9 Å². The predicted octanol–water partition coefficient (Wildman–Crippen LogP) is 6.91. The molecule has 4 heteroatoms. The lowest BCUT2D eigenvalue weighted by atomic mass is 9.82. The van der Waals surface area contributed by atoms with Gasteiger partial charge in [-0.1, -0.05) is 50.6 Å². The summed E-state index contributed by atoms with van der Waals surface area (Å²) in [4.78, 5) is 12.4. The van der Waals surface area contributed by atoms with Gasteiger partial charge in [-0.05, 0) is 79.8 Å². The molecule has 3 aromatic carbocycles. The van der Waals surface area contributed by atoms with E-state index in [1.54, 1.807) is 0 Å². The van der Waals surface area contributed by atoms with Gasteiger partial charge in [0.1, 0.15) is 17.5 Å². The summed E-state index contributed by atoms with van der Waals surface area (Å²) < 4.78 is 5.97. The van der Waals surface area contributed by atoms with E-state index in [4.69, 9.17) is 4.74 Å². The van der Waals surface area contributed by atoms with E-state index in [1.165, 1.54) is 5.56 Å². The van der Waals surface area contributed by atoms with Crippen molar-refractivity contribution in [2.24, 2.45) is 0 Å². The highest BCUT2D eigenvalue weighted by Crippen LogP contribution is 2.30. The number of carbonyl (C=O) groups is 1. The molecule has 0 aliphatic carbocycles. The summed E-state index contributed by atoms with van der Waals surface area (Å²) in [5.41, 5.74) is 4.28. The molecule has 0 radical (unpaired) electrons. The lowest BCUT2D eigenvalue weighted by Crippen LogP contribution is -2.31. The summed E-state index contributed by atoms with van der Waals surface area (Å²) in [6.07, 6.45) is 1.09. The Morgan fingerprint density at radius 2 is 1.39 bits per heavy atom. The van der Waals surface area contributed by atoms with Crippen LogP contribution in [-0.2, 0) is 10.2 Å². The molecule has 2 N–H and O–H groups in total. The highest BCUT2D eigenvalue weighted by atomic mass is 16.5. The van der Waals surface area contributed by atoms with E-state index >= 15 is 0 Å². The molecule has 1 atom stereocenters. The molecular formula is C27H32N2O2. The fraction of sp³-hybridized carbons (Fsp3) is 0.296. The van der Waals surface area contributed by atoms with Crippen molar-refractivity contribution in [3.63, 3.8) is 0 Å². The van der Waals surface area contributed by atoms with Crippen LogP contribution in [0.15, 0.2) is 72.8 Å². The molecule has 0 aliphatic rings. The van der Waals surface area contributed by atoms with E-state index in [1.807, 2.05) is 74.5 Å². The van der Waals surface area contributed by atoms with Crippen LogP contribution in [0.2, 0.25) is 0 Å². The second-order valence-corrected chi connectivity index (χ2v) is 8.61. The Morgan fingerprint density at radius 3 is 1.94 bits per heavy atom. The second-order valence-electron chi connectivity index (χ2n) is 8.61. The number of nitrogens with one attached hydrogen (secondary N) is 2. The molecule has 0 heterocycles. The molecule has 3 aromatic rings. The zero-order valence-electron chi connectivity index (χ0n) is 19.0. The lowest BCUT2D eigenvalue weighted by Gasteiger charge is -2.23. The van der Waals surface area contributed by atoms with Crippen molar-refractivity contribution < 1.29 is 9.53 Å². The van der Waals surface area contributed by atoms with Crippen molar-refractivity contribution in [1.82, 2.24) is 0 Å².